The van der Waals surface area contributed by atoms with E-state index in [1.165, 1.54) is 18.6 Å². The molecule has 4 bridgehead atoms. The summed E-state index contributed by atoms with van der Waals surface area (Å²) >= 11 is 0. The summed E-state index contributed by atoms with van der Waals surface area (Å²) in [4.78, 5) is 4.37. The van der Waals surface area contributed by atoms with Crippen LogP contribution in [-0.2, 0) is 0 Å². The highest BCUT2D eigenvalue weighted by molar-refractivity contribution is 5.91. The van der Waals surface area contributed by atoms with E-state index in [0.29, 0.717) is 17.8 Å². The van der Waals surface area contributed by atoms with Gasteiger partial charge in [-0.2, -0.15) is 0 Å². The van der Waals surface area contributed by atoms with Crippen molar-refractivity contribution in [2.24, 2.45) is 22.7 Å². The van der Waals surface area contributed by atoms with E-state index >= 15 is 0 Å². The Morgan fingerprint density at radius 3 is 2.31 bits per heavy atom. The van der Waals surface area contributed by atoms with Crippen LogP contribution in [-0.4, -0.2) is 18.4 Å². The fraction of sp³-hybridized carbons (Fsp3) is 0.909. The Labute approximate surface area is 78.4 Å². The van der Waals surface area contributed by atoms with Crippen molar-refractivity contribution in [3.05, 3.63) is 0 Å². The average Bonchev–Trinajstić information content (AvgIpc) is 2.00. The molecule has 0 heterocycles. The Morgan fingerprint density at radius 1 is 1.23 bits per heavy atom. The van der Waals surface area contributed by atoms with Gasteiger partial charge in [0.25, 0.3) is 0 Å². The van der Waals surface area contributed by atoms with Crippen molar-refractivity contribution in [1.82, 2.24) is 0 Å². The van der Waals surface area contributed by atoms with Crippen LogP contribution >= 0.6 is 0 Å². The van der Waals surface area contributed by atoms with Gasteiger partial charge in [-0.25, -0.2) is 4.39 Å². The topological polar surface area (TPSA) is 12.4 Å². The Hall–Kier alpha value is -0.400. The summed E-state index contributed by atoms with van der Waals surface area (Å²) in [6.07, 6.45) is 4.82. The van der Waals surface area contributed by atoms with Crippen LogP contribution in [0, 0.1) is 17.8 Å². The molecule has 0 radical (unpaired) electrons. The first kappa shape index (κ1) is 7.95. The predicted octanol–water partition coefficient (Wildman–Crippen LogP) is 2.61. The molecule has 0 spiro atoms. The summed E-state index contributed by atoms with van der Waals surface area (Å²) in [5, 5.41) is 0. The van der Waals surface area contributed by atoms with Gasteiger partial charge in [-0.05, 0) is 38.0 Å². The van der Waals surface area contributed by atoms with Crippen LogP contribution in [0.3, 0.4) is 0 Å². The van der Waals surface area contributed by atoms with Crippen LogP contribution in [0.4, 0.5) is 4.39 Å². The van der Waals surface area contributed by atoms with Gasteiger partial charge in [0.05, 0.1) is 0 Å². The molecule has 2 unspecified atom stereocenters. The minimum absolute atomic E-state index is 0.501. The molecular weight excluding hydrogens is 165 g/mol. The molecule has 4 aliphatic carbocycles. The number of nitrogens with zero attached hydrogens (tertiary/aromatic N) is 1. The van der Waals surface area contributed by atoms with Crippen molar-refractivity contribution >= 4 is 5.71 Å². The van der Waals surface area contributed by atoms with Gasteiger partial charge >= 0.3 is 0 Å². The molecular formula is C11H16FN. The monoisotopic (exact) mass is 181 g/mol. The molecule has 4 aliphatic rings. The van der Waals surface area contributed by atoms with Gasteiger partial charge in [0, 0.05) is 24.6 Å². The van der Waals surface area contributed by atoms with Crippen LogP contribution in [0.15, 0.2) is 4.99 Å². The number of hydrogen-bond donors (Lipinski definition) is 0. The zero-order valence-electron chi connectivity index (χ0n) is 8.09. The highest BCUT2D eigenvalue weighted by Crippen LogP contribution is 2.55. The molecule has 0 saturated heterocycles. The second-order valence-electron chi connectivity index (χ2n) is 5.14. The molecule has 0 aromatic carbocycles. The molecule has 4 rings (SSSR count). The van der Waals surface area contributed by atoms with Gasteiger partial charge < -0.3 is 0 Å². The third-order valence-corrected chi connectivity index (χ3v) is 4.21. The van der Waals surface area contributed by atoms with Crippen molar-refractivity contribution in [3.63, 3.8) is 0 Å². The number of aliphatic imine (C=N–C) groups is 1. The lowest BCUT2D eigenvalue weighted by molar-refractivity contribution is -0.0171. The highest BCUT2D eigenvalue weighted by Gasteiger charge is 2.54. The zero-order valence-corrected chi connectivity index (χ0v) is 8.09. The normalized spacial score (nSPS) is 56.2. The van der Waals surface area contributed by atoms with E-state index in [1.807, 2.05) is 7.05 Å². The molecule has 72 valence electrons. The van der Waals surface area contributed by atoms with Crippen molar-refractivity contribution in [3.8, 4) is 0 Å². The number of rotatable bonds is 0. The quantitative estimate of drug-likeness (QED) is 0.544. The molecule has 2 heteroatoms. The maximum Gasteiger partial charge on any atom is 0.112 e. The van der Waals surface area contributed by atoms with Gasteiger partial charge in [0.1, 0.15) is 5.67 Å². The first-order chi connectivity index (χ1) is 6.20. The standard InChI is InChI=1S/C11H16FN/c1-13-10-8-2-7-3-9(10)6-11(12,4-7)5-8/h7-9H,2-6H2,1H3/t7?,8-,9+,11?. The predicted molar refractivity (Wildman–Crippen MR) is 50.8 cm³/mol. The first-order valence-electron chi connectivity index (χ1n) is 5.36. The fourth-order valence-corrected chi connectivity index (χ4v) is 4.03. The third-order valence-electron chi connectivity index (χ3n) is 4.21. The fourth-order valence-electron chi connectivity index (χ4n) is 4.03. The van der Waals surface area contributed by atoms with E-state index in [2.05, 4.69) is 4.99 Å². The lowest BCUT2D eigenvalue weighted by atomic mass is 9.54. The Bertz CT molecular complexity index is 253. The Kier molecular flexibility index (Phi) is 1.43. The smallest absolute Gasteiger partial charge is 0.112 e. The van der Waals surface area contributed by atoms with Gasteiger partial charge in [-0.1, -0.05) is 0 Å². The van der Waals surface area contributed by atoms with E-state index in [0.717, 1.165) is 19.3 Å². The van der Waals surface area contributed by atoms with Crippen molar-refractivity contribution in [2.75, 3.05) is 7.05 Å². The van der Waals surface area contributed by atoms with Crippen LogP contribution in [0.1, 0.15) is 32.1 Å². The summed E-state index contributed by atoms with van der Waals surface area (Å²) in [7, 11) is 1.88. The van der Waals surface area contributed by atoms with Crippen molar-refractivity contribution in [2.45, 2.75) is 37.8 Å². The molecule has 4 fully saturated rings. The summed E-state index contributed by atoms with van der Waals surface area (Å²) < 4.78 is 14.1. The van der Waals surface area contributed by atoms with E-state index in [9.17, 15) is 4.39 Å². The maximum atomic E-state index is 14.1. The maximum absolute atomic E-state index is 14.1. The zero-order chi connectivity index (χ0) is 9.05. The number of halogens is 1. The van der Waals surface area contributed by atoms with Crippen molar-refractivity contribution in [1.29, 1.82) is 0 Å². The lowest BCUT2D eigenvalue weighted by Gasteiger charge is -2.53. The molecule has 4 saturated carbocycles. The molecule has 0 aromatic heterocycles. The molecule has 0 aliphatic heterocycles. The molecule has 4 atom stereocenters. The summed E-state index contributed by atoms with van der Waals surface area (Å²) in [6.45, 7) is 0. The second kappa shape index (κ2) is 2.34. The van der Waals surface area contributed by atoms with Gasteiger partial charge in [0.2, 0.25) is 0 Å². The minimum atomic E-state index is -0.801. The summed E-state index contributed by atoms with van der Waals surface area (Å²) in [5.74, 6) is 1.68. The molecule has 1 nitrogen and oxygen atoms in total. The van der Waals surface area contributed by atoms with E-state index < -0.39 is 5.67 Å². The van der Waals surface area contributed by atoms with Gasteiger partial charge in [0.15, 0.2) is 0 Å². The van der Waals surface area contributed by atoms with Crippen LogP contribution in [0.5, 0.6) is 0 Å². The van der Waals surface area contributed by atoms with Crippen LogP contribution in [0.2, 0.25) is 0 Å². The van der Waals surface area contributed by atoms with Crippen LogP contribution in [0.25, 0.3) is 0 Å². The van der Waals surface area contributed by atoms with Gasteiger partial charge in [-0.3, -0.25) is 4.99 Å². The lowest BCUT2D eigenvalue weighted by Crippen LogP contribution is -2.53. The molecule has 0 N–H and O–H groups in total. The molecule has 13 heavy (non-hydrogen) atoms. The van der Waals surface area contributed by atoms with Gasteiger partial charge in [-0.15, -0.1) is 0 Å². The Balaban J connectivity index is 1.98. The third kappa shape index (κ3) is 1.01. The van der Waals surface area contributed by atoms with Crippen molar-refractivity contribution < 1.29 is 4.39 Å². The summed E-state index contributed by atoms with van der Waals surface area (Å²) in [5.41, 5.74) is 0.536. The first-order valence-corrected chi connectivity index (χ1v) is 5.36. The van der Waals surface area contributed by atoms with Crippen LogP contribution < -0.4 is 0 Å². The average molecular weight is 181 g/mol. The number of alkyl halides is 1. The van der Waals surface area contributed by atoms with E-state index in [1.54, 1.807) is 0 Å². The van der Waals surface area contributed by atoms with E-state index in [4.69, 9.17) is 0 Å². The van der Waals surface area contributed by atoms with E-state index in [-0.39, 0.29) is 0 Å². The molecule has 0 aromatic rings. The minimum Gasteiger partial charge on any atom is -0.297 e. The Morgan fingerprint density at radius 2 is 1.85 bits per heavy atom. The number of hydrogen-bond acceptors (Lipinski definition) is 1. The molecule has 0 amide bonds. The highest BCUT2D eigenvalue weighted by atomic mass is 19.1. The second-order valence-corrected chi connectivity index (χ2v) is 5.14. The summed E-state index contributed by atoms with van der Waals surface area (Å²) in [6, 6.07) is 0. The SMILES string of the molecule is CN=C1[C@@H]2CC3C[C@H]1CC(F)(C3)C2. The largest absolute Gasteiger partial charge is 0.297 e.